The Morgan fingerprint density at radius 3 is 1.53 bits per heavy atom. The summed E-state index contributed by atoms with van der Waals surface area (Å²) in [6.45, 7) is 3.85. The second-order valence-electron chi connectivity index (χ2n) is 4.31. The lowest BCUT2D eigenvalue weighted by Crippen LogP contribution is -2.22. The zero-order valence-corrected chi connectivity index (χ0v) is 11.3. The van der Waals surface area contributed by atoms with Gasteiger partial charge in [-0.1, -0.05) is 26.7 Å². The van der Waals surface area contributed by atoms with Crippen LogP contribution in [0.4, 0.5) is 0 Å². The van der Waals surface area contributed by atoms with Gasteiger partial charge in [-0.15, -0.1) is 0 Å². The monoisotopic (exact) mass is 256 g/mol. The van der Waals surface area contributed by atoms with E-state index in [2.05, 4.69) is 0 Å². The van der Waals surface area contributed by atoms with Crippen LogP contribution in [0.5, 0.6) is 0 Å². The third-order valence-corrected chi connectivity index (χ3v) is 4.37. The second-order valence-corrected chi connectivity index (χ2v) is 6.46. The maximum absolute atomic E-state index is 11.8. The van der Waals surface area contributed by atoms with Crippen molar-refractivity contribution in [1.29, 1.82) is 10.5 Å². The second kappa shape index (κ2) is 8.08. The predicted octanol–water partition coefficient (Wildman–Crippen LogP) is 2.28. The predicted molar refractivity (Wildman–Crippen MR) is 66.7 cm³/mol. The number of hydrogen-bond donors (Lipinski definition) is 0. The van der Waals surface area contributed by atoms with Crippen molar-refractivity contribution in [3.63, 3.8) is 0 Å². The standard InChI is InChI=1S/C12H20N2O2S/c1-3-5-11(7-13)9-17(15,16)10-12(8-14)6-4-2/h11-12H,3-6,9-10H2,1-2H3. The van der Waals surface area contributed by atoms with Crippen LogP contribution in [-0.2, 0) is 9.84 Å². The average Bonchev–Trinajstić information content (AvgIpc) is 2.27. The van der Waals surface area contributed by atoms with E-state index in [4.69, 9.17) is 10.5 Å². The van der Waals surface area contributed by atoms with Crippen LogP contribution in [0.2, 0.25) is 0 Å². The van der Waals surface area contributed by atoms with E-state index in [-0.39, 0.29) is 11.5 Å². The van der Waals surface area contributed by atoms with Gasteiger partial charge in [-0.25, -0.2) is 8.42 Å². The molecule has 0 saturated heterocycles. The van der Waals surface area contributed by atoms with Gasteiger partial charge in [0.25, 0.3) is 0 Å². The van der Waals surface area contributed by atoms with Crippen molar-refractivity contribution in [3.8, 4) is 12.1 Å². The summed E-state index contributed by atoms with van der Waals surface area (Å²) in [5.41, 5.74) is 0. The molecule has 0 aliphatic heterocycles. The van der Waals surface area contributed by atoms with Crippen LogP contribution in [0.1, 0.15) is 39.5 Å². The molecule has 0 spiro atoms. The first-order valence-corrected chi connectivity index (χ1v) is 7.80. The summed E-state index contributed by atoms with van der Waals surface area (Å²) >= 11 is 0. The Balaban J connectivity index is 4.48. The van der Waals surface area contributed by atoms with E-state index in [9.17, 15) is 8.42 Å². The van der Waals surface area contributed by atoms with Crippen molar-refractivity contribution in [1.82, 2.24) is 0 Å². The van der Waals surface area contributed by atoms with Gasteiger partial charge in [0, 0.05) is 0 Å². The Labute approximate surface area is 104 Å². The van der Waals surface area contributed by atoms with E-state index in [1.807, 2.05) is 26.0 Å². The van der Waals surface area contributed by atoms with Gasteiger partial charge in [-0.05, 0) is 12.8 Å². The maximum atomic E-state index is 11.8. The zero-order valence-electron chi connectivity index (χ0n) is 10.5. The van der Waals surface area contributed by atoms with E-state index in [0.29, 0.717) is 12.8 Å². The Bertz CT molecular complexity index is 358. The van der Waals surface area contributed by atoms with Crippen molar-refractivity contribution >= 4 is 9.84 Å². The van der Waals surface area contributed by atoms with E-state index < -0.39 is 21.7 Å². The largest absolute Gasteiger partial charge is 0.229 e. The molecule has 0 radical (unpaired) electrons. The Morgan fingerprint density at radius 1 is 0.941 bits per heavy atom. The third-order valence-electron chi connectivity index (χ3n) is 2.55. The van der Waals surface area contributed by atoms with Gasteiger partial charge in [0.1, 0.15) is 0 Å². The molecular formula is C12H20N2O2S. The molecular weight excluding hydrogens is 236 g/mol. The summed E-state index contributed by atoms with van der Waals surface area (Å²) in [5.74, 6) is -1.10. The van der Waals surface area contributed by atoms with Crippen LogP contribution < -0.4 is 0 Å². The molecule has 0 amide bonds. The molecule has 0 aliphatic rings. The quantitative estimate of drug-likeness (QED) is 0.667. The SMILES string of the molecule is CCCC(C#N)CS(=O)(=O)CC(C#N)CCC. The average molecular weight is 256 g/mol. The van der Waals surface area contributed by atoms with Crippen molar-refractivity contribution in [3.05, 3.63) is 0 Å². The minimum atomic E-state index is -3.29. The summed E-state index contributed by atoms with van der Waals surface area (Å²) in [4.78, 5) is 0. The molecule has 0 bridgehead atoms. The Kier molecular flexibility index (Phi) is 7.58. The first-order chi connectivity index (χ1) is 7.99. The van der Waals surface area contributed by atoms with Crippen LogP contribution in [-0.4, -0.2) is 19.9 Å². The van der Waals surface area contributed by atoms with Gasteiger partial charge in [0.2, 0.25) is 0 Å². The Hall–Kier alpha value is -1.07. The van der Waals surface area contributed by atoms with Crippen molar-refractivity contribution in [2.75, 3.05) is 11.5 Å². The normalized spacial score (nSPS) is 14.6. The van der Waals surface area contributed by atoms with Gasteiger partial charge < -0.3 is 0 Å². The highest BCUT2D eigenvalue weighted by Crippen LogP contribution is 2.14. The first-order valence-electron chi connectivity index (χ1n) is 5.98. The van der Waals surface area contributed by atoms with Crippen molar-refractivity contribution in [2.24, 2.45) is 11.8 Å². The number of nitriles is 2. The number of sulfone groups is 1. The number of nitrogens with zero attached hydrogens (tertiary/aromatic N) is 2. The number of rotatable bonds is 8. The molecule has 96 valence electrons. The lowest BCUT2D eigenvalue weighted by molar-refractivity contribution is 0.557. The topological polar surface area (TPSA) is 81.7 Å². The van der Waals surface area contributed by atoms with Gasteiger partial charge in [0.05, 0.1) is 35.5 Å². The fraction of sp³-hybridized carbons (Fsp3) is 0.833. The molecule has 0 aliphatic carbocycles. The van der Waals surface area contributed by atoms with E-state index >= 15 is 0 Å². The molecule has 2 atom stereocenters. The van der Waals surface area contributed by atoms with E-state index in [0.717, 1.165) is 12.8 Å². The summed E-state index contributed by atoms with van der Waals surface area (Å²) < 4.78 is 23.6. The molecule has 0 rings (SSSR count). The molecule has 2 unspecified atom stereocenters. The molecule has 0 N–H and O–H groups in total. The fourth-order valence-corrected chi connectivity index (χ4v) is 3.59. The summed E-state index contributed by atoms with van der Waals surface area (Å²) in [5, 5.41) is 17.7. The highest BCUT2D eigenvalue weighted by molar-refractivity contribution is 7.91. The fourth-order valence-electron chi connectivity index (χ4n) is 1.75. The van der Waals surface area contributed by atoms with Crippen LogP contribution in [0.15, 0.2) is 0 Å². The van der Waals surface area contributed by atoms with Gasteiger partial charge in [0.15, 0.2) is 9.84 Å². The molecule has 17 heavy (non-hydrogen) atoms. The minimum Gasteiger partial charge on any atom is -0.229 e. The maximum Gasteiger partial charge on any atom is 0.152 e. The van der Waals surface area contributed by atoms with Crippen molar-refractivity contribution < 1.29 is 8.42 Å². The molecule has 0 aromatic heterocycles. The van der Waals surface area contributed by atoms with Gasteiger partial charge in [-0.2, -0.15) is 10.5 Å². The number of hydrogen-bond acceptors (Lipinski definition) is 4. The third kappa shape index (κ3) is 6.97. The lowest BCUT2D eigenvalue weighted by atomic mass is 10.1. The summed E-state index contributed by atoms with van der Waals surface area (Å²) in [6, 6.07) is 4.04. The van der Waals surface area contributed by atoms with Crippen molar-refractivity contribution in [2.45, 2.75) is 39.5 Å². The van der Waals surface area contributed by atoms with Gasteiger partial charge in [-0.3, -0.25) is 0 Å². The molecule has 0 aromatic carbocycles. The highest BCUT2D eigenvalue weighted by Gasteiger charge is 2.22. The van der Waals surface area contributed by atoms with Crippen LogP contribution in [0.3, 0.4) is 0 Å². The minimum absolute atomic E-state index is 0.112. The van der Waals surface area contributed by atoms with E-state index in [1.165, 1.54) is 0 Å². The van der Waals surface area contributed by atoms with Gasteiger partial charge >= 0.3 is 0 Å². The summed E-state index contributed by atoms with van der Waals surface area (Å²) in [6.07, 6.45) is 2.79. The summed E-state index contributed by atoms with van der Waals surface area (Å²) in [7, 11) is -3.29. The van der Waals surface area contributed by atoms with Crippen LogP contribution in [0, 0.1) is 34.5 Å². The molecule has 0 aromatic rings. The first kappa shape index (κ1) is 15.9. The highest BCUT2D eigenvalue weighted by atomic mass is 32.2. The lowest BCUT2D eigenvalue weighted by Gasteiger charge is -2.11. The van der Waals surface area contributed by atoms with Crippen LogP contribution >= 0.6 is 0 Å². The molecule has 0 heterocycles. The smallest absolute Gasteiger partial charge is 0.152 e. The zero-order chi connectivity index (χ0) is 13.3. The Morgan fingerprint density at radius 2 is 1.29 bits per heavy atom. The van der Waals surface area contributed by atoms with E-state index in [1.54, 1.807) is 0 Å². The molecule has 5 heteroatoms. The molecule has 0 fully saturated rings. The molecule has 0 saturated carbocycles. The molecule has 4 nitrogen and oxygen atoms in total. The van der Waals surface area contributed by atoms with Crippen LogP contribution in [0.25, 0.3) is 0 Å².